The highest BCUT2D eigenvalue weighted by molar-refractivity contribution is 5.88. The van der Waals surface area contributed by atoms with Crippen molar-refractivity contribution in [2.24, 2.45) is 0 Å². The summed E-state index contributed by atoms with van der Waals surface area (Å²) >= 11 is 0. The molecule has 1 aromatic heterocycles. The van der Waals surface area contributed by atoms with Crippen LogP contribution in [0.15, 0.2) is 91.1 Å². The molecular formula is C26H24N2O3. The minimum atomic E-state index is -0.431. The molecule has 0 bridgehead atoms. The van der Waals surface area contributed by atoms with Crippen LogP contribution in [0.25, 0.3) is 10.9 Å². The van der Waals surface area contributed by atoms with Crippen molar-refractivity contribution in [3.8, 4) is 0 Å². The molecule has 31 heavy (non-hydrogen) atoms. The first-order valence-electron chi connectivity index (χ1n) is 10.3. The van der Waals surface area contributed by atoms with Gasteiger partial charge in [-0.2, -0.15) is 0 Å². The minimum absolute atomic E-state index is 0.115. The number of nitrogens with one attached hydrogen (secondary N) is 2. The van der Waals surface area contributed by atoms with Gasteiger partial charge >= 0.3 is 5.97 Å². The Morgan fingerprint density at radius 1 is 0.871 bits per heavy atom. The van der Waals surface area contributed by atoms with E-state index in [1.54, 1.807) is 6.20 Å². The Labute approximate surface area is 181 Å². The average Bonchev–Trinajstić information content (AvgIpc) is 3.21. The van der Waals surface area contributed by atoms with Crippen molar-refractivity contribution in [2.45, 2.75) is 18.9 Å². The molecule has 0 aliphatic carbocycles. The lowest BCUT2D eigenvalue weighted by Gasteiger charge is -2.19. The minimum Gasteiger partial charge on any atom is -0.455 e. The number of hydrogen-bond donors (Lipinski definition) is 2. The highest BCUT2D eigenvalue weighted by atomic mass is 16.5. The lowest BCUT2D eigenvalue weighted by molar-refractivity contribution is -0.148. The van der Waals surface area contributed by atoms with Gasteiger partial charge in [0.25, 0.3) is 5.91 Å². The Kier molecular flexibility index (Phi) is 6.43. The van der Waals surface area contributed by atoms with Gasteiger partial charge < -0.3 is 15.0 Å². The molecule has 0 radical (unpaired) electrons. The number of ether oxygens (including phenoxy) is 1. The topological polar surface area (TPSA) is 71.2 Å². The Balaban J connectivity index is 1.35. The molecule has 0 spiro atoms. The van der Waals surface area contributed by atoms with Crippen LogP contribution in [0.3, 0.4) is 0 Å². The first-order valence-corrected chi connectivity index (χ1v) is 10.3. The fourth-order valence-corrected chi connectivity index (χ4v) is 3.65. The third-order valence-electron chi connectivity index (χ3n) is 5.19. The number of benzene rings is 3. The fourth-order valence-electron chi connectivity index (χ4n) is 3.65. The predicted octanol–water partition coefficient (Wildman–Crippen LogP) is 4.35. The van der Waals surface area contributed by atoms with Gasteiger partial charge in [0, 0.05) is 17.1 Å². The van der Waals surface area contributed by atoms with Crippen molar-refractivity contribution in [3.63, 3.8) is 0 Å². The lowest BCUT2D eigenvalue weighted by atomic mass is 9.99. The van der Waals surface area contributed by atoms with Crippen LogP contribution < -0.4 is 5.32 Å². The summed E-state index contributed by atoms with van der Waals surface area (Å²) < 4.78 is 5.25. The standard InChI is InChI=1S/C26H24N2O3/c29-25(18-31-26(30)16-21-17-27-23-14-8-7-13-22(21)23)28-24(20-11-5-2-6-12-20)15-19-9-3-1-4-10-19/h1-14,17,24,27H,15-16,18H2,(H,28,29)/t24-/m0/s1. The molecule has 1 atom stereocenters. The number of H-pyrrole nitrogens is 1. The summed E-state index contributed by atoms with van der Waals surface area (Å²) in [7, 11) is 0. The van der Waals surface area contributed by atoms with E-state index < -0.39 is 5.97 Å². The van der Waals surface area contributed by atoms with Crippen LogP contribution in [0, 0.1) is 0 Å². The molecule has 1 amide bonds. The number of carbonyl (C=O) groups excluding carboxylic acids is 2. The summed E-state index contributed by atoms with van der Waals surface area (Å²) in [5, 5.41) is 3.99. The third-order valence-corrected chi connectivity index (χ3v) is 5.19. The van der Waals surface area contributed by atoms with Crippen LogP contribution in [0.4, 0.5) is 0 Å². The summed E-state index contributed by atoms with van der Waals surface area (Å²) in [5.74, 6) is -0.753. The summed E-state index contributed by atoms with van der Waals surface area (Å²) in [6.45, 7) is -0.306. The molecular weight excluding hydrogens is 388 g/mol. The molecule has 0 saturated heterocycles. The van der Waals surface area contributed by atoms with E-state index in [1.165, 1.54) is 0 Å². The van der Waals surface area contributed by atoms with E-state index in [0.29, 0.717) is 6.42 Å². The highest BCUT2D eigenvalue weighted by Gasteiger charge is 2.17. The Morgan fingerprint density at radius 3 is 2.32 bits per heavy atom. The van der Waals surface area contributed by atoms with Crippen molar-refractivity contribution >= 4 is 22.8 Å². The number of aromatic nitrogens is 1. The SMILES string of the molecule is O=C(COC(=O)Cc1c[nH]c2ccccc12)N[C@@H](Cc1ccccc1)c1ccccc1. The van der Waals surface area contributed by atoms with E-state index in [-0.39, 0.29) is 25.0 Å². The van der Waals surface area contributed by atoms with E-state index in [9.17, 15) is 9.59 Å². The number of amides is 1. The van der Waals surface area contributed by atoms with E-state index in [4.69, 9.17) is 4.74 Å². The number of esters is 1. The first-order chi connectivity index (χ1) is 15.2. The molecule has 2 N–H and O–H groups in total. The quantitative estimate of drug-likeness (QED) is 0.423. The lowest BCUT2D eigenvalue weighted by Crippen LogP contribution is -2.33. The molecule has 5 heteroatoms. The maximum absolute atomic E-state index is 12.5. The van der Waals surface area contributed by atoms with Crippen LogP contribution in [-0.4, -0.2) is 23.5 Å². The normalized spacial score (nSPS) is 11.7. The molecule has 0 aliphatic rings. The summed E-state index contributed by atoms with van der Waals surface area (Å²) in [6.07, 6.45) is 2.57. The van der Waals surface area contributed by atoms with E-state index in [1.807, 2.05) is 84.9 Å². The third kappa shape index (κ3) is 5.39. The number of fused-ring (bicyclic) bond motifs is 1. The molecule has 0 aliphatic heterocycles. The predicted molar refractivity (Wildman–Crippen MR) is 120 cm³/mol. The Hall–Kier alpha value is -3.86. The van der Waals surface area contributed by atoms with Crippen molar-refractivity contribution in [2.75, 3.05) is 6.61 Å². The van der Waals surface area contributed by atoms with Gasteiger partial charge in [-0.3, -0.25) is 9.59 Å². The van der Waals surface area contributed by atoms with Crippen molar-refractivity contribution < 1.29 is 14.3 Å². The summed E-state index contributed by atoms with van der Waals surface area (Å²) in [4.78, 5) is 28.0. The zero-order valence-corrected chi connectivity index (χ0v) is 17.1. The van der Waals surface area contributed by atoms with Crippen molar-refractivity contribution in [3.05, 3.63) is 108 Å². The molecule has 3 aromatic carbocycles. The van der Waals surface area contributed by atoms with Gasteiger partial charge in [-0.05, 0) is 29.2 Å². The molecule has 5 nitrogen and oxygen atoms in total. The molecule has 4 aromatic rings. The Bertz CT molecular complexity index is 1150. The summed E-state index contributed by atoms with van der Waals surface area (Å²) in [6, 6.07) is 27.3. The molecule has 4 rings (SSSR count). The van der Waals surface area contributed by atoms with Crippen LogP contribution >= 0.6 is 0 Å². The Morgan fingerprint density at radius 2 is 1.55 bits per heavy atom. The number of hydrogen-bond acceptors (Lipinski definition) is 3. The van der Waals surface area contributed by atoms with Gasteiger partial charge in [0.2, 0.25) is 0 Å². The number of rotatable bonds is 8. The van der Waals surface area contributed by atoms with Crippen LogP contribution in [0.1, 0.15) is 22.7 Å². The van der Waals surface area contributed by atoms with Gasteiger partial charge in [0.05, 0.1) is 12.5 Å². The molecule has 156 valence electrons. The first kappa shape index (κ1) is 20.4. The summed E-state index contributed by atoms with van der Waals surface area (Å²) in [5.41, 5.74) is 3.94. The van der Waals surface area contributed by atoms with E-state index in [2.05, 4.69) is 10.3 Å². The van der Waals surface area contributed by atoms with Gasteiger partial charge in [0.1, 0.15) is 0 Å². The largest absolute Gasteiger partial charge is 0.455 e. The van der Waals surface area contributed by atoms with Crippen LogP contribution in [0.5, 0.6) is 0 Å². The zero-order chi connectivity index (χ0) is 21.5. The van der Waals surface area contributed by atoms with E-state index >= 15 is 0 Å². The smallest absolute Gasteiger partial charge is 0.310 e. The van der Waals surface area contributed by atoms with E-state index in [0.717, 1.165) is 27.6 Å². The maximum Gasteiger partial charge on any atom is 0.310 e. The molecule has 0 saturated carbocycles. The van der Waals surface area contributed by atoms with Gasteiger partial charge in [0.15, 0.2) is 6.61 Å². The van der Waals surface area contributed by atoms with Gasteiger partial charge in [-0.15, -0.1) is 0 Å². The molecule has 0 fully saturated rings. The fraction of sp³-hybridized carbons (Fsp3) is 0.154. The zero-order valence-electron chi connectivity index (χ0n) is 17.1. The number of carbonyl (C=O) groups is 2. The van der Waals surface area contributed by atoms with Crippen molar-refractivity contribution in [1.82, 2.24) is 10.3 Å². The monoisotopic (exact) mass is 412 g/mol. The van der Waals surface area contributed by atoms with Crippen molar-refractivity contribution in [1.29, 1.82) is 0 Å². The van der Waals surface area contributed by atoms with Crippen LogP contribution in [0.2, 0.25) is 0 Å². The number of aromatic amines is 1. The highest BCUT2D eigenvalue weighted by Crippen LogP contribution is 2.19. The second-order valence-electron chi connectivity index (χ2n) is 7.42. The second kappa shape index (κ2) is 9.76. The van der Waals surface area contributed by atoms with Gasteiger partial charge in [-0.25, -0.2) is 0 Å². The second-order valence-corrected chi connectivity index (χ2v) is 7.42. The average molecular weight is 412 g/mol. The number of para-hydroxylation sites is 1. The molecule has 1 heterocycles. The maximum atomic E-state index is 12.5. The molecule has 0 unspecified atom stereocenters. The van der Waals surface area contributed by atoms with Gasteiger partial charge in [-0.1, -0.05) is 78.9 Å². The van der Waals surface area contributed by atoms with Crippen LogP contribution in [-0.2, 0) is 27.2 Å².